The molecule has 1 fully saturated rings. The van der Waals surface area contributed by atoms with E-state index in [4.69, 9.17) is 0 Å². The fourth-order valence-corrected chi connectivity index (χ4v) is 3.49. The Morgan fingerprint density at radius 1 is 1.19 bits per heavy atom. The van der Waals surface area contributed by atoms with E-state index in [0.29, 0.717) is 19.6 Å². The first kappa shape index (κ1) is 21.3. The number of halogens is 2. The number of nitrogens with zero attached hydrogens (tertiary/aromatic N) is 1. The van der Waals surface area contributed by atoms with E-state index in [1.54, 1.807) is 4.90 Å². The molecule has 1 N–H and O–H groups in total. The number of carbonyl (C=O) groups excluding carboxylic acids is 2. The van der Waals surface area contributed by atoms with Crippen molar-refractivity contribution in [2.45, 2.75) is 58.3 Å². The lowest BCUT2D eigenvalue weighted by Gasteiger charge is -2.32. The van der Waals surface area contributed by atoms with Crippen molar-refractivity contribution in [1.29, 1.82) is 0 Å². The second kappa shape index (κ2) is 11.0. The monoisotopic (exact) mass is 380 g/mol. The van der Waals surface area contributed by atoms with Crippen LogP contribution in [0, 0.1) is 17.6 Å². The van der Waals surface area contributed by atoms with E-state index in [1.165, 1.54) is 24.6 Å². The Morgan fingerprint density at radius 3 is 2.63 bits per heavy atom. The first-order valence-corrected chi connectivity index (χ1v) is 10.0. The molecule has 2 rings (SSSR count). The summed E-state index contributed by atoms with van der Waals surface area (Å²) in [6.45, 7) is 3.81. The lowest BCUT2D eigenvalue weighted by molar-refractivity contribution is -0.135. The zero-order valence-electron chi connectivity index (χ0n) is 16.1. The van der Waals surface area contributed by atoms with Gasteiger partial charge in [-0.3, -0.25) is 9.59 Å². The summed E-state index contributed by atoms with van der Waals surface area (Å²) in [6.07, 6.45) is 6.03. The number of piperidine rings is 1. The summed E-state index contributed by atoms with van der Waals surface area (Å²) in [5, 5.41) is 2.97. The number of hydrogen-bond donors (Lipinski definition) is 1. The smallest absolute Gasteiger partial charge is 0.224 e. The van der Waals surface area contributed by atoms with Crippen LogP contribution in [0.4, 0.5) is 8.78 Å². The Bertz CT molecular complexity index is 616. The lowest BCUT2D eigenvalue weighted by atomic mass is 9.96. The molecule has 1 saturated heterocycles. The van der Waals surface area contributed by atoms with E-state index in [9.17, 15) is 18.4 Å². The number of amides is 2. The number of nitrogens with one attached hydrogen (secondary N) is 1. The van der Waals surface area contributed by atoms with Crippen molar-refractivity contribution < 1.29 is 18.4 Å². The summed E-state index contributed by atoms with van der Waals surface area (Å²) in [5.41, 5.74) is -0.0516. The minimum absolute atomic E-state index is 0.00384. The average Bonchev–Trinajstić information content (AvgIpc) is 2.67. The van der Waals surface area contributed by atoms with Crippen LogP contribution in [0.1, 0.15) is 57.4 Å². The van der Waals surface area contributed by atoms with Gasteiger partial charge in [0.05, 0.1) is 5.92 Å². The van der Waals surface area contributed by atoms with Gasteiger partial charge in [0.1, 0.15) is 11.6 Å². The van der Waals surface area contributed by atoms with Gasteiger partial charge >= 0.3 is 0 Å². The van der Waals surface area contributed by atoms with Crippen molar-refractivity contribution in [1.82, 2.24) is 10.2 Å². The molecule has 1 atom stereocenters. The molecule has 4 nitrogen and oxygen atoms in total. The van der Waals surface area contributed by atoms with Crippen LogP contribution in [-0.2, 0) is 16.0 Å². The van der Waals surface area contributed by atoms with Gasteiger partial charge in [-0.05, 0) is 37.8 Å². The van der Waals surface area contributed by atoms with E-state index >= 15 is 0 Å². The quantitative estimate of drug-likeness (QED) is 0.662. The molecule has 150 valence electrons. The van der Waals surface area contributed by atoms with Crippen LogP contribution in [0.2, 0.25) is 0 Å². The summed E-state index contributed by atoms with van der Waals surface area (Å²) < 4.78 is 27.4. The molecule has 1 unspecified atom stereocenters. The molecule has 0 aliphatic carbocycles. The third kappa shape index (κ3) is 6.60. The normalized spacial score (nSPS) is 17.0. The zero-order chi connectivity index (χ0) is 19.6. The number of likely N-dealkylation sites (tertiary alicyclic amines) is 1. The molecule has 6 heteroatoms. The van der Waals surface area contributed by atoms with Crippen LogP contribution in [-0.4, -0.2) is 36.3 Å². The molecular formula is C21H30F2N2O2. The summed E-state index contributed by atoms with van der Waals surface area (Å²) in [7, 11) is 0. The Kier molecular flexibility index (Phi) is 8.69. The summed E-state index contributed by atoms with van der Waals surface area (Å²) >= 11 is 0. The summed E-state index contributed by atoms with van der Waals surface area (Å²) in [6, 6.07) is 3.71. The van der Waals surface area contributed by atoms with Gasteiger partial charge < -0.3 is 10.2 Å². The van der Waals surface area contributed by atoms with E-state index in [0.717, 1.165) is 32.1 Å². The van der Waals surface area contributed by atoms with Crippen LogP contribution in [0.3, 0.4) is 0 Å². The van der Waals surface area contributed by atoms with Gasteiger partial charge in [-0.15, -0.1) is 0 Å². The highest BCUT2D eigenvalue weighted by molar-refractivity contribution is 5.81. The molecule has 1 aromatic rings. The average molecular weight is 380 g/mol. The predicted octanol–water partition coefficient (Wildman–Crippen LogP) is 3.83. The van der Waals surface area contributed by atoms with Gasteiger partial charge in [-0.2, -0.15) is 0 Å². The van der Waals surface area contributed by atoms with Crippen molar-refractivity contribution in [2.75, 3.05) is 19.6 Å². The molecule has 27 heavy (non-hydrogen) atoms. The molecule has 0 saturated carbocycles. The fourth-order valence-electron chi connectivity index (χ4n) is 3.49. The molecular weight excluding hydrogens is 350 g/mol. The zero-order valence-corrected chi connectivity index (χ0v) is 16.1. The summed E-state index contributed by atoms with van der Waals surface area (Å²) in [4.78, 5) is 26.4. The van der Waals surface area contributed by atoms with Gasteiger partial charge in [-0.1, -0.05) is 32.3 Å². The first-order valence-electron chi connectivity index (χ1n) is 10.0. The second-order valence-corrected chi connectivity index (χ2v) is 7.23. The van der Waals surface area contributed by atoms with Crippen LogP contribution >= 0.6 is 0 Å². The molecule has 1 aromatic carbocycles. The Labute approximate surface area is 160 Å². The maximum absolute atomic E-state index is 13.7. The molecule has 0 spiro atoms. The number of hydrogen-bond acceptors (Lipinski definition) is 2. The van der Waals surface area contributed by atoms with Gasteiger partial charge in [0.25, 0.3) is 0 Å². The maximum Gasteiger partial charge on any atom is 0.224 e. The SMILES string of the molecule is CCCCCCNC(=O)C1CCCN(C(=O)CCc2c(F)cccc2F)C1. The summed E-state index contributed by atoms with van der Waals surface area (Å²) in [5.74, 6) is -1.59. The highest BCUT2D eigenvalue weighted by Crippen LogP contribution is 2.19. The molecule has 0 bridgehead atoms. The topological polar surface area (TPSA) is 49.4 Å². The molecule has 0 aromatic heterocycles. The number of unbranched alkanes of at least 4 members (excludes halogenated alkanes) is 3. The van der Waals surface area contributed by atoms with Crippen LogP contribution in [0.5, 0.6) is 0 Å². The standard InChI is InChI=1S/C21H30F2N2O2/c1-2-3-4-5-13-24-21(27)16-8-7-14-25(15-16)20(26)12-11-17-18(22)9-6-10-19(17)23/h6,9-10,16H,2-5,7-8,11-15H2,1H3,(H,24,27). The molecule has 2 amide bonds. The molecule has 1 aliphatic heterocycles. The van der Waals surface area contributed by atoms with Crippen molar-refractivity contribution in [2.24, 2.45) is 5.92 Å². The van der Waals surface area contributed by atoms with Crippen LogP contribution in [0.15, 0.2) is 18.2 Å². The maximum atomic E-state index is 13.7. The molecule has 0 radical (unpaired) electrons. The van der Waals surface area contributed by atoms with Gasteiger partial charge in [0.2, 0.25) is 11.8 Å². The van der Waals surface area contributed by atoms with Gasteiger partial charge in [0, 0.05) is 31.6 Å². The van der Waals surface area contributed by atoms with E-state index in [1.807, 2.05) is 0 Å². The van der Waals surface area contributed by atoms with E-state index in [-0.39, 0.29) is 36.1 Å². The van der Waals surface area contributed by atoms with Crippen LogP contribution < -0.4 is 5.32 Å². The Morgan fingerprint density at radius 2 is 1.93 bits per heavy atom. The third-order valence-corrected chi connectivity index (χ3v) is 5.13. The third-order valence-electron chi connectivity index (χ3n) is 5.13. The molecule has 1 heterocycles. The highest BCUT2D eigenvalue weighted by Gasteiger charge is 2.28. The highest BCUT2D eigenvalue weighted by atomic mass is 19.1. The number of carbonyl (C=O) groups is 2. The second-order valence-electron chi connectivity index (χ2n) is 7.23. The van der Waals surface area contributed by atoms with E-state index in [2.05, 4.69) is 12.2 Å². The van der Waals surface area contributed by atoms with Gasteiger partial charge in [0.15, 0.2) is 0 Å². The predicted molar refractivity (Wildman–Crippen MR) is 101 cm³/mol. The fraction of sp³-hybridized carbons (Fsp3) is 0.619. The minimum atomic E-state index is -0.623. The van der Waals surface area contributed by atoms with E-state index < -0.39 is 11.6 Å². The lowest BCUT2D eigenvalue weighted by Crippen LogP contribution is -2.45. The van der Waals surface area contributed by atoms with Crippen molar-refractivity contribution in [3.8, 4) is 0 Å². The number of benzene rings is 1. The van der Waals surface area contributed by atoms with Gasteiger partial charge in [-0.25, -0.2) is 8.78 Å². The van der Waals surface area contributed by atoms with Crippen molar-refractivity contribution in [3.05, 3.63) is 35.4 Å². The van der Waals surface area contributed by atoms with Crippen molar-refractivity contribution in [3.63, 3.8) is 0 Å². The largest absolute Gasteiger partial charge is 0.356 e. The number of rotatable bonds is 9. The van der Waals surface area contributed by atoms with Crippen LogP contribution in [0.25, 0.3) is 0 Å². The first-order chi connectivity index (χ1) is 13.0. The van der Waals surface area contributed by atoms with Crippen molar-refractivity contribution >= 4 is 11.8 Å². The Balaban J connectivity index is 1.79. The minimum Gasteiger partial charge on any atom is -0.356 e. The molecule has 1 aliphatic rings. The Hall–Kier alpha value is -1.98.